The van der Waals surface area contributed by atoms with Crippen molar-refractivity contribution in [2.24, 2.45) is 0 Å². The number of aryl methyl sites for hydroxylation is 2. The number of hydrogen-bond acceptors (Lipinski definition) is 3. The van der Waals surface area contributed by atoms with Crippen LogP contribution in [0.1, 0.15) is 32.2 Å². The van der Waals surface area contributed by atoms with Crippen LogP contribution in [0.25, 0.3) is 5.52 Å². The van der Waals surface area contributed by atoms with Gasteiger partial charge < -0.3 is 10.6 Å². The predicted molar refractivity (Wildman–Crippen MR) is 113 cm³/mol. The molecule has 6 heteroatoms. The fourth-order valence-electron chi connectivity index (χ4n) is 3.17. The quantitative estimate of drug-likeness (QED) is 0.546. The molecular weight excluding hydrogens is 364 g/mol. The summed E-state index contributed by atoms with van der Waals surface area (Å²) in [6, 6.07) is 20.4. The van der Waals surface area contributed by atoms with Crippen LogP contribution >= 0.6 is 0 Å². The average Bonchev–Trinajstić information content (AvgIpc) is 3.10. The molecule has 0 atom stereocenters. The van der Waals surface area contributed by atoms with Crippen LogP contribution in [0.3, 0.4) is 0 Å². The van der Waals surface area contributed by atoms with Gasteiger partial charge in [0.15, 0.2) is 5.69 Å². The summed E-state index contributed by atoms with van der Waals surface area (Å²) in [5.74, 6) is -0.595. The van der Waals surface area contributed by atoms with Crippen molar-refractivity contribution in [3.05, 3.63) is 95.6 Å². The zero-order chi connectivity index (χ0) is 20.4. The summed E-state index contributed by atoms with van der Waals surface area (Å²) in [5.41, 5.74) is 4.12. The number of carbonyl (C=O) groups excluding carboxylic acids is 2. The number of nitrogens with zero attached hydrogens (tertiary/aromatic N) is 2. The SMILES string of the molecule is Cc1cccc(NC(=O)c2nc(C(=O)Nc3ccccc3C)n3ccccc23)c1. The van der Waals surface area contributed by atoms with Crippen molar-refractivity contribution in [1.29, 1.82) is 0 Å². The van der Waals surface area contributed by atoms with E-state index in [-0.39, 0.29) is 23.3 Å². The van der Waals surface area contributed by atoms with Crippen molar-refractivity contribution in [2.75, 3.05) is 10.6 Å². The highest BCUT2D eigenvalue weighted by Crippen LogP contribution is 2.19. The Morgan fingerprint density at radius 1 is 0.862 bits per heavy atom. The number of benzene rings is 2. The Hall–Kier alpha value is -3.93. The average molecular weight is 384 g/mol. The Morgan fingerprint density at radius 3 is 2.45 bits per heavy atom. The third-order valence-corrected chi connectivity index (χ3v) is 4.64. The number of amides is 2. The minimum atomic E-state index is -0.380. The van der Waals surface area contributed by atoms with Gasteiger partial charge in [0.2, 0.25) is 5.82 Å². The van der Waals surface area contributed by atoms with Crippen LogP contribution in [0.15, 0.2) is 72.9 Å². The lowest BCUT2D eigenvalue weighted by Crippen LogP contribution is -2.17. The molecule has 6 nitrogen and oxygen atoms in total. The van der Waals surface area contributed by atoms with Gasteiger partial charge in [-0.15, -0.1) is 0 Å². The van der Waals surface area contributed by atoms with Gasteiger partial charge in [-0.3, -0.25) is 14.0 Å². The summed E-state index contributed by atoms with van der Waals surface area (Å²) >= 11 is 0. The molecule has 0 aliphatic heterocycles. The third kappa shape index (κ3) is 3.73. The largest absolute Gasteiger partial charge is 0.321 e. The normalized spacial score (nSPS) is 10.7. The van der Waals surface area contributed by atoms with E-state index in [1.165, 1.54) is 0 Å². The van der Waals surface area contributed by atoms with Crippen LogP contribution in [0.4, 0.5) is 11.4 Å². The smallest absolute Gasteiger partial charge is 0.292 e. The van der Waals surface area contributed by atoms with Gasteiger partial charge in [-0.25, -0.2) is 4.98 Å². The highest BCUT2D eigenvalue weighted by atomic mass is 16.2. The molecule has 4 rings (SSSR count). The summed E-state index contributed by atoms with van der Waals surface area (Å²) in [4.78, 5) is 30.1. The van der Waals surface area contributed by atoms with E-state index in [0.29, 0.717) is 16.9 Å². The van der Waals surface area contributed by atoms with Crippen molar-refractivity contribution in [2.45, 2.75) is 13.8 Å². The zero-order valence-electron chi connectivity index (χ0n) is 16.1. The lowest BCUT2D eigenvalue weighted by molar-refractivity contribution is 0.101. The van der Waals surface area contributed by atoms with E-state index in [9.17, 15) is 9.59 Å². The molecule has 2 heterocycles. The van der Waals surface area contributed by atoms with Crippen molar-refractivity contribution >= 4 is 28.7 Å². The molecule has 0 unspecified atom stereocenters. The number of fused-ring (bicyclic) bond motifs is 1. The Morgan fingerprint density at radius 2 is 1.66 bits per heavy atom. The number of anilines is 2. The Balaban J connectivity index is 1.69. The third-order valence-electron chi connectivity index (χ3n) is 4.64. The summed E-state index contributed by atoms with van der Waals surface area (Å²) in [6.45, 7) is 3.87. The first-order valence-corrected chi connectivity index (χ1v) is 9.25. The van der Waals surface area contributed by atoms with E-state index in [1.54, 1.807) is 22.7 Å². The highest BCUT2D eigenvalue weighted by molar-refractivity contribution is 6.10. The molecule has 0 spiro atoms. The second-order valence-corrected chi connectivity index (χ2v) is 6.83. The number of hydrogen-bond donors (Lipinski definition) is 2. The maximum Gasteiger partial charge on any atom is 0.292 e. The summed E-state index contributed by atoms with van der Waals surface area (Å²) < 4.78 is 1.62. The molecule has 2 aromatic heterocycles. The number of imidazole rings is 1. The molecule has 0 bridgehead atoms. The van der Waals surface area contributed by atoms with Gasteiger partial charge in [0.25, 0.3) is 11.8 Å². The minimum Gasteiger partial charge on any atom is -0.321 e. The number of rotatable bonds is 4. The fraction of sp³-hybridized carbons (Fsp3) is 0.0870. The summed E-state index contributed by atoms with van der Waals surface area (Å²) in [7, 11) is 0. The molecule has 0 fully saturated rings. The number of carbonyl (C=O) groups is 2. The van der Waals surface area contributed by atoms with E-state index in [0.717, 1.165) is 11.1 Å². The first-order valence-electron chi connectivity index (χ1n) is 9.25. The zero-order valence-corrected chi connectivity index (χ0v) is 16.1. The molecule has 2 N–H and O–H groups in total. The summed E-state index contributed by atoms with van der Waals surface area (Å²) in [5, 5.41) is 5.73. The second kappa shape index (κ2) is 7.59. The molecule has 0 saturated heterocycles. The van der Waals surface area contributed by atoms with Gasteiger partial charge in [0, 0.05) is 17.6 Å². The minimum absolute atomic E-state index is 0.151. The molecule has 144 valence electrons. The maximum absolute atomic E-state index is 12.9. The standard InChI is InChI=1S/C23H20N4O2/c1-15-8-7-10-17(14-15)24-22(28)20-19-12-5-6-13-27(19)21(26-20)23(29)25-18-11-4-3-9-16(18)2/h3-14H,1-2H3,(H,24,28)(H,25,29). The van der Waals surface area contributed by atoms with Crippen LogP contribution < -0.4 is 10.6 Å². The van der Waals surface area contributed by atoms with Crippen LogP contribution in [0.2, 0.25) is 0 Å². The Kier molecular flexibility index (Phi) is 4.83. The van der Waals surface area contributed by atoms with Crippen molar-refractivity contribution in [3.63, 3.8) is 0 Å². The van der Waals surface area contributed by atoms with E-state index in [2.05, 4.69) is 15.6 Å². The number of aromatic nitrogens is 2. The topological polar surface area (TPSA) is 75.5 Å². The van der Waals surface area contributed by atoms with Crippen molar-refractivity contribution in [1.82, 2.24) is 9.38 Å². The molecule has 0 aliphatic carbocycles. The van der Waals surface area contributed by atoms with Gasteiger partial charge in [-0.1, -0.05) is 36.4 Å². The Labute approximate surface area is 168 Å². The Bertz CT molecular complexity index is 1230. The number of nitrogens with one attached hydrogen (secondary N) is 2. The molecule has 4 aromatic rings. The number of para-hydroxylation sites is 1. The van der Waals surface area contributed by atoms with Gasteiger partial charge in [-0.05, 0) is 55.3 Å². The van der Waals surface area contributed by atoms with Crippen molar-refractivity contribution in [3.8, 4) is 0 Å². The van der Waals surface area contributed by atoms with E-state index < -0.39 is 0 Å². The first kappa shape index (κ1) is 18.4. The van der Waals surface area contributed by atoms with E-state index in [1.807, 2.05) is 68.4 Å². The molecule has 29 heavy (non-hydrogen) atoms. The van der Waals surface area contributed by atoms with Gasteiger partial charge in [0.05, 0.1) is 5.52 Å². The van der Waals surface area contributed by atoms with E-state index >= 15 is 0 Å². The summed E-state index contributed by atoms with van der Waals surface area (Å²) in [6.07, 6.45) is 1.72. The van der Waals surface area contributed by atoms with E-state index in [4.69, 9.17) is 0 Å². The monoisotopic (exact) mass is 384 g/mol. The molecular formula is C23H20N4O2. The highest BCUT2D eigenvalue weighted by Gasteiger charge is 2.22. The predicted octanol–water partition coefficient (Wildman–Crippen LogP) is 4.46. The van der Waals surface area contributed by atoms with Crippen LogP contribution in [0, 0.1) is 13.8 Å². The van der Waals surface area contributed by atoms with Crippen LogP contribution in [0.5, 0.6) is 0 Å². The molecule has 2 amide bonds. The fourth-order valence-corrected chi connectivity index (χ4v) is 3.17. The second-order valence-electron chi connectivity index (χ2n) is 6.83. The van der Waals surface area contributed by atoms with Crippen LogP contribution in [-0.4, -0.2) is 21.2 Å². The molecule has 0 saturated carbocycles. The number of pyridine rings is 1. The van der Waals surface area contributed by atoms with Crippen LogP contribution in [-0.2, 0) is 0 Å². The van der Waals surface area contributed by atoms with Gasteiger partial charge in [-0.2, -0.15) is 0 Å². The van der Waals surface area contributed by atoms with Gasteiger partial charge >= 0.3 is 0 Å². The lowest BCUT2D eigenvalue weighted by Gasteiger charge is -2.07. The maximum atomic E-state index is 12.9. The lowest BCUT2D eigenvalue weighted by atomic mass is 10.2. The molecule has 0 radical (unpaired) electrons. The molecule has 2 aromatic carbocycles. The van der Waals surface area contributed by atoms with Crippen molar-refractivity contribution < 1.29 is 9.59 Å². The first-order chi connectivity index (χ1) is 14.0. The van der Waals surface area contributed by atoms with Gasteiger partial charge in [0.1, 0.15) is 0 Å². The molecule has 0 aliphatic rings.